The first-order valence-corrected chi connectivity index (χ1v) is 8.83. The molecule has 9 nitrogen and oxygen atoms in total. The molecule has 2 heterocycles. The van der Waals surface area contributed by atoms with Crippen molar-refractivity contribution in [2.75, 3.05) is 13.2 Å². The highest BCUT2D eigenvalue weighted by Crippen LogP contribution is 2.18. The normalized spacial score (nSPS) is 14.3. The molecule has 1 fully saturated rings. The van der Waals surface area contributed by atoms with E-state index in [-0.39, 0.29) is 31.1 Å². The average Bonchev–Trinajstić information content (AvgIpc) is 2.63. The Hall–Kier alpha value is -3.02. The minimum Gasteiger partial charge on any atom is -0.461 e. The quantitative estimate of drug-likeness (QED) is 0.650. The highest BCUT2D eigenvalue weighted by atomic mass is 19.4. The van der Waals surface area contributed by atoms with E-state index in [0.717, 1.165) is 23.9 Å². The van der Waals surface area contributed by atoms with Gasteiger partial charge in [0, 0.05) is 30.1 Å². The summed E-state index contributed by atoms with van der Waals surface area (Å²) in [5, 5.41) is 6.98. The number of rotatable bonds is 8. The van der Waals surface area contributed by atoms with Crippen LogP contribution in [0.25, 0.3) is 11.3 Å². The van der Waals surface area contributed by atoms with Gasteiger partial charge in [0.2, 0.25) is 5.91 Å². The summed E-state index contributed by atoms with van der Waals surface area (Å²) in [5.41, 5.74) is 0.369. The van der Waals surface area contributed by atoms with Crippen LogP contribution in [0.3, 0.4) is 0 Å². The fourth-order valence-electron chi connectivity index (χ4n) is 2.49. The fraction of sp³-hybridized carbons (Fsp3) is 0.471. The number of hydrogen-bond donors (Lipinski definition) is 1. The van der Waals surface area contributed by atoms with Gasteiger partial charge in [0.15, 0.2) is 0 Å². The second kappa shape index (κ2) is 8.99. The standard InChI is InChI=1S/C17H18F3N5O4/c18-17(19,20)29-7-6-28-16-21-8-11(9-22-16)13-4-5-15(27)25(24-13)10-14(26)23-12-2-1-3-12/h4-5,8-9,12H,1-3,6-7,10H2,(H,23,26). The lowest BCUT2D eigenvalue weighted by atomic mass is 9.93. The smallest absolute Gasteiger partial charge is 0.461 e. The summed E-state index contributed by atoms with van der Waals surface area (Å²) in [6.07, 6.45) is 0.909. The maximum Gasteiger partial charge on any atom is 0.522 e. The Morgan fingerprint density at radius 1 is 1.21 bits per heavy atom. The summed E-state index contributed by atoms with van der Waals surface area (Å²) in [5.74, 6) is -0.289. The second-order valence-corrected chi connectivity index (χ2v) is 6.31. The maximum atomic E-state index is 12.0. The predicted molar refractivity (Wildman–Crippen MR) is 92.8 cm³/mol. The number of aromatic nitrogens is 4. The number of ether oxygens (including phenoxy) is 2. The summed E-state index contributed by atoms with van der Waals surface area (Å²) < 4.78 is 45.2. The van der Waals surface area contributed by atoms with E-state index in [9.17, 15) is 22.8 Å². The molecule has 0 radical (unpaired) electrons. The van der Waals surface area contributed by atoms with Crippen LogP contribution in [0.5, 0.6) is 6.01 Å². The Labute approximate surface area is 162 Å². The second-order valence-electron chi connectivity index (χ2n) is 6.31. The molecule has 0 spiro atoms. The third-order valence-electron chi connectivity index (χ3n) is 4.13. The molecule has 0 aliphatic heterocycles. The SMILES string of the molecule is O=C(Cn1nc(-c2cnc(OCCOC(F)(F)F)nc2)ccc1=O)NC1CCC1. The Morgan fingerprint density at radius 2 is 1.93 bits per heavy atom. The van der Waals surface area contributed by atoms with Gasteiger partial charge in [0.05, 0.1) is 12.3 Å². The molecule has 0 atom stereocenters. The minimum absolute atomic E-state index is 0.132. The number of hydrogen-bond acceptors (Lipinski definition) is 7. The minimum atomic E-state index is -4.72. The van der Waals surface area contributed by atoms with Crippen LogP contribution in [0.2, 0.25) is 0 Å². The summed E-state index contributed by atoms with van der Waals surface area (Å²) in [4.78, 5) is 31.7. The molecule has 0 bridgehead atoms. The van der Waals surface area contributed by atoms with Gasteiger partial charge in [0.25, 0.3) is 5.56 Å². The van der Waals surface area contributed by atoms with Gasteiger partial charge in [0.1, 0.15) is 13.2 Å². The molecule has 1 aliphatic carbocycles. The van der Waals surface area contributed by atoms with E-state index in [2.05, 4.69) is 25.1 Å². The van der Waals surface area contributed by atoms with E-state index in [1.165, 1.54) is 24.5 Å². The van der Waals surface area contributed by atoms with Gasteiger partial charge in [-0.2, -0.15) is 5.10 Å². The van der Waals surface area contributed by atoms with Gasteiger partial charge in [-0.3, -0.25) is 14.3 Å². The monoisotopic (exact) mass is 413 g/mol. The van der Waals surface area contributed by atoms with E-state index >= 15 is 0 Å². The molecule has 0 saturated heterocycles. The lowest BCUT2D eigenvalue weighted by Crippen LogP contribution is -2.42. The van der Waals surface area contributed by atoms with Crippen LogP contribution >= 0.6 is 0 Å². The maximum absolute atomic E-state index is 12.0. The average molecular weight is 413 g/mol. The molecule has 1 aliphatic rings. The summed E-state index contributed by atoms with van der Waals surface area (Å²) in [6.45, 7) is -1.27. The largest absolute Gasteiger partial charge is 0.522 e. The predicted octanol–water partition coefficient (Wildman–Crippen LogP) is 1.28. The highest BCUT2D eigenvalue weighted by Gasteiger charge is 2.28. The number of carbonyl (C=O) groups excluding carboxylic acids is 1. The topological polar surface area (TPSA) is 108 Å². The summed E-state index contributed by atoms with van der Waals surface area (Å²) >= 11 is 0. The molecule has 0 unspecified atom stereocenters. The molecule has 2 aromatic heterocycles. The molecule has 1 saturated carbocycles. The van der Waals surface area contributed by atoms with Gasteiger partial charge >= 0.3 is 12.4 Å². The first-order valence-electron chi connectivity index (χ1n) is 8.83. The lowest BCUT2D eigenvalue weighted by molar-refractivity contribution is -0.325. The Balaban J connectivity index is 1.59. The number of nitrogens with one attached hydrogen (secondary N) is 1. The number of alkyl halides is 3. The van der Waals surface area contributed by atoms with Crippen LogP contribution < -0.4 is 15.6 Å². The van der Waals surface area contributed by atoms with Gasteiger partial charge in [-0.05, 0) is 25.3 Å². The van der Waals surface area contributed by atoms with Gasteiger partial charge in [-0.25, -0.2) is 14.6 Å². The van der Waals surface area contributed by atoms with Gasteiger partial charge in [-0.15, -0.1) is 13.2 Å². The van der Waals surface area contributed by atoms with Crippen molar-refractivity contribution in [3.63, 3.8) is 0 Å². The third kappa shape index (κ3) is 6.24. The Bertz CT molecular complexity index is 897. The molecule has 1 N–H and O–H groups in total. The zero-order chi connectivity index (χ0) is 20.9. The van der Waals surface area contributed by atoms with E-state index < -0.39 is 18.5 Å². The molecular weight excluding hydrogens is 395 g/mol. The zero-order valence-electron chi connectivity index (χ0n) is 15.2. The summed E-state index contributed by atoms with van der Waals surface area (Å²) in [7, 11) is 0. The van der Waals surface area contributed by atoms with Crippen molar-refractivity contribution in [2.24, 2.45) is 0 Å². The van der Waals surface area contributed by atoms with Crippen molar-refractivity contribution < 1.29 is 27.4 Å². The number of amides is 1. The van der Waals surface area contributed by atoms with Crippen molar-refractivity contribution in [1.82, 2.24) is 25.1 Å². The molecule has 29 heavy (non-hydrogen) atoms. The highest BCUT2D eigenvalue weighted by molar-refractivity contribution is 5.76. The Morgan fingerprint density at radius 3 is 2.55 bits per heavy atom. The number of halogens is 3. The third-order valence-corrected chi connectivity index (χ3v) is 4.13. The van der Waals surface area contributed by atoms with Crippen LogP contribution in [0.15, 0.2) is 29.3 Å². The first kappa shape index (κ1) is 20.7. The van der Waals surface area contributed by atoms with Crippen molar-refractivity contribution in [1.29, 1.82) is 0 Å². The summed E-state index contributed by atoms with van der Waals surface area (Å²) in [6, 6.07) is 2.76. The van der Waals surface area contributed by atoms with Gasteiger partial charge in [-0.1, -0.05) is 0 Å². The molecule has 156 valence electrons. The fourth-order valence-corrected chi connectivity index (χ4v) is 2.49. The van der Waals surface area contributed by atoms with E-state index in [1.54, 1.807) is 0 Å². The zero-order valence-corrected chi connectivity index (χ0v) is 15.2. The molecule has 3 rings (SSSR count). The van der Waals surface area contributed by atoms with E-state index in [4.69, 9.17) is 4.74 Å². The Kier molecular flexibility index (Phi) is 6.42. The first-order chi connectivity index (χ1) is 13.8. The van der Waals surface area contributed by atoms with Crippen LogP contribution in [0.1, 0.15) is 19.3 Å². The molecule has 12 heteroatoms. The van der Waals surface area contributed by atoms with E-state index in [1.807, 2.05) is 0 Å². The molecule has 1 amide bonds. The van der Waals surface area contributed by atoms with Crippen LogP contribution in [0, 0.1) is 0 Å². The molecule has 2 aromatic rings. The van der Waals surface area contributed by atoms with Crippen molar-refractivity contribution in [3.8, 4) is 17.3 Å². The number of carbonyl (C=O) groups is 1. The van der Waals surface area contributed by atoms with Crippen LogP contribution in [-0.2, 0) is 16.1 Å². The molecule has 0 aromatic carbocycles. The van der Waals surface area contributed by atoms with Crippen LogP contribution in [-0.4, -0.2) is 51.3 Å². The van der Waals surface area contributed by atoms with Crippen molar-refractivity contribution in [3.05, 3.63) is 34.9 Å². The van der Waals surface area contributed by atoms with Gasteiger partial charge < -0.3 is 10.1 Å². The van der Waals surface area contributed by atoms with Crippen molar-refractivity contribution >= 4 is 5.91 Å². The van der Waals surface area contributed by atoms with Crippen LogP contribution in [0.4, 0.5) is 13.2 Å². The molecular formula is C17H18F3N5O4. The van der Waals surface area contributed by atoms with E-state index in [0.29, 0.717) is 11.3 Å². The number of nitrogens with zero attached hydrogens (tertiary/aromatic N) is 4. The lowest BCUT2D eigenvalue weighted by Gasteiger charge is -2.26. The van der Waals surface area contributed by atoms with Crippen molar-refractivity contribution in [2.45, 2.75) is 38.2 Å².